The standard InChI is InChI=1S/C16H25N7O.2ClH/c1-21(2)15-19-12-13(22(15)3)11-18-14(24)16(5-8-17-9-6-16)23-10-4-7-20-23;;/h4,7,10,12,17H,5-6,8-9,11H2,1-3H3,(H,18,24);2*1H. The fourth-order valence-electron chi connectivity index (χ4n) is 3.27. The zero-order valence-corrected chi connectivity index (χ0v) is 16.9. The van der Waals surface area contributed by atoms with Crippen molar-refractivity contribution in [2.75, 3.05) is 32.1 Å². The zero-order chi connectivity index (χ0) is 17.2. The van der Waals surface area contributed by atoms with Gasteiger partial charge in [0.1, 0.15) is 5.54 Å². The summed E-state index contributed by atoms with van der Waals surface area (Å²) < 4.78 is 3.79. The summed E-state index contributed by atoms with van der Waals surface area (Å²) in [4.78, 5) is 19.3. The molecule has 1 aliphatic rings. The van der Waals surface area contributed by atoms with Crippen molar-refractivity contribution in [3.63, 3.8) is 0 Å². The number of aromatic nitrogens is 4. The first kappa shape index (κ1) is 22.3. The molecular formula is C16H27Cl2N7O. The fraction of sp³-hybridized carbons (Fsp3) is 0.562. The minimum atomic E-state index is -0.613. The lowest BCUT2D eigenvalue weighted by Crippen LogP contribution is -2.54. The summed E-state index contributed by atoms with van der Waals surface area (Å²) in [6.45, 7) is 2.07. The molecule has 0 bridgehead atoms. The summed E-state index contributed by atoms with van der Waals surface area (Å²) in [5.41, 5.74) is 0.356. The van der Waals surface area contributed by atoms with Crippen molar-refractivity contribution in [3.8, 4) is 0 Å². The van der Waals surface area contributed by atoms with Crippen LogP contribution in [0.1, 0.15) is 18.5 Å². The SMILES string of the molecule is CN(C)c1ncc(CNC(=O)C2(n3cccn3)CCNCC2)n1C.Cl.Cl. The van der Waals surface area contributed by atoms with Crippen LogP contribution in [0.5, 0.6) is 0 Å². The van der Waals surface area contributed by atoms with E-state index in [2.05, 4.69) is 20.7 Å². The number of amides is 1. The molecule has 2 aromatic heterocycles. The van der Waals surface area contributed by atoms with Gasteiger partial charge in [0.05, 0.1) is 18.4 Å². The topological polar surface area (TPSA) is 80.0 Å². The maximum Gasteiger partial charge on any atom is 0.248 e. The molecule has 0 aliphatic carbocycles. The van der Waals surface area contributed by atoms with Gasteiger partial charge in [0.2, 0.25) is 11.9 Å². The van der Waals surface area contributed by atoms with Crippen LogP contribution < -0.4 is 15.5 Å². The number of hydrogen-bond donors (Lipinski definition) is 2. The number of halogens is 2. The summed E-state index contributed by atoms with van der Waals surface area (Å²) in [7, 11) is 5.86. The minimum absolute atomic E-state index is 0. The molecule has 0 unspecified atom stereocenters. The van der Waals surface area contributed by atoms with E-state index in [0.29, 0.717) is 6.54 Å². The van der Waals surface area contributed by atoms with Gasteiger partial charge in [-0.25, -0.2) is 4.98 Å². The predicted octanol–water partition coefficient (Wildman–Crippen LogP) is 0.921. The Morgan fingerprint density at radius 2 is 2.04 bits per heavy atom. The fourth-order valence-corrected chi connectivity index (χ4v) is 3.27. The molecule has 0 spiro atoms. The Kier molecular flexibility index (Phi) is 7.92. The smallest absolute Gasteiger partial charge is 0.248 e. The van der Waals surface area contributed by atoms with Gasteiger partial charge in [-0.2, -0.15) is 5.10 Å². The van der Waals surface area contributed by atoms with E-state index in [1.165, 1.54) is 0 Å². The van der Waals surface area contributed by atoms with Crippen molar-refractivity contribution in [1.29, 1.82) is 0 Å². The van der Waals surface area contributed by atoms with Crippen molar-refractivity contribution in [2.24, 2.45) is 7.05 Å². The molecule has 2 aromatic rings. The Morgan fingerprint density at radius 3 is 2.58 bits per heavy atom. The number of carbonyl (C=O) groups is 1. The van der Waals surface area contributed by atoms with Crippen LogP contribution in [0.4, 0.5) is 5.95 Å². The van der Waals surface area contributed by atoms with Crippen LogP contribution in [0.3, 0.4) is 0 Å². The first-order valence-electron chi connectivity index (χ1n) is 8.22. The Hall–Kier alpha value is -1.77. The van der Waals surface area contributed by atoms with Gasteiger partial charge in [-0.1, -0.05) is 0 Å². The van der Waals surface area contributed by atoms with Gasteiger partial charge in [0.15, 0.2) is 0 Å². The monoisotopic (exact) mass is 403 g/mol. The molecule has 26 heavy (non-hydrogen) atoms. The molecule has 0 aromatic carbocycles. The second-order valence-electron chi connectivity index (χ2n) is 6.42. The summed E-state index contributed by atoms with van der Waals surface area (Å²) in [6, 6.07) is 1.86. The summed E-state index contributed by atoms with van der Waals surface area (Å²) in [5.74, 6) is 0.878. The molecule has 146 valence electrons. The molecule has 3 rings (SSSR count). The molecule has 8 nitrogen and oxygen atoms in total. The molecule has 2 N–H and O–H groups in total. The number of rotatable bonds is 5. The molecule has 1 amide bonds. The molecule has 10 heteroatoms. The second kappa shape index (κ2) is 9.25. The number of anilines is 1. The van der Waals surface area contributed by atoms with E-state index in [4.69, 9.17) is 0 Å². The molecule has 1 aliphatic heterocycles. The largest absolute Gasteiger partial charge is 0.348 e. The van der Waals surface area contributed by atoms with Crippen LogP contribution in [-0.2, 0) is 23.9 Å². The van der Waals surface area contributed by atoms with Gasteiger partial charge in [0.25, 0.3) is 0 Å². The van der Waals surface area contributed by atoms with Gasteiger partial charge in [0, 0.05) is 33.5 Å². The Bertz CT molecular complexity index is 694. The highest BCUT2D eigenvalue weighted by molar-refractivity contribution is 5.85. The Labute approximate surface area is 166 Å². The lowest BCUT2D eigenvalue weighted by atomic mass is 9.87. The van der Waals surface area contributed by atoms with Crippen molar-refractivity contribution in [3.05, 3.63) is 30.4 Å². The maximum absolute atomic E-state index is 13.0. The number of imidazole rings is 1. The molecule has 1 saturated heterocycles. The minimum Gasteiger partial charge on any atom is -0.348 e. The van der Waals surface area contributed by atoms with Crippen molar-refractivity contribution in [1.82, 2.24) is 30.0 Å². The third-order valence-electron chi connectivity index (χ3n) is 4.69. The third-order valence-corrected chi connectivity index (χ3v) is 4.69. The lowest BCUT2D eigenvalue weighted by Gasteiger charge is -2.36. The first-order chi connectivity index (χ1) is 11.5. The summed E-state index contributed by atoms with van der Waals surface area (Å²) in [6.07, 6.45) is 6.86. The molecule has 3 heterocycles. The molecule has 0 atom stereocenters. The molecule has 0 saturated carbocycles. The van der Waals surface area contributed by atoms with E-state index in [1.807, 2.05) is 42.9 Å². The Balaban J connectivity index is 0.00000169. The van der Waals surface area contributed by atoms with Crippen LogP contribution in [0.25, 0.3) is 0 Å². The quantitative estimate of drug-likeness (QED) is 0.775. The number of carbonyl (C=O) groups excluding carboxylic acids is 1. The van der Waals surface area contributed by atoms with Crippen molar-refractivity contribution in [2.45, 2.75) is 24.9 Å². The van der Waals surface area contributed by atoms with Gasteiger partial charge in [-0.15, -0.1) is 24.8 Å². The zero-order valence-electron chi connectivity index (χ0n) is 15.3. The number of nitrogens with one attached hydrogen (secondary N) is 2. The highest BCUT2D eigenvalue weighted by Crippen LogP contribution is 2.27. The highest BCUT2D eigenvalue weighted by atomic mass is 35.5. The van der Waals surface area contributed by atoms with E-state index in [0.717, 1.165) is 37.6 Å². The average Bonchev–Trinajstić information content (AvgIpc) is 3.23. The third kappa shape index (κ3) is 4.13. The van der Waals surface area contributed by atoms with Crippen molar-refractivity contribution >= 4 is 36.7 Å². The normalized spacial score (nSPS) is 15.5. The molecular weight excluding hydrogens is 377 g/mol. The van der Waals surface area contributed by atoms with Gasteiger partial charge < -0.3 is 20.1 Å². The summed E-state index contributed by atoms with van der Waals surface area (Å²) in [5, 5.41) is 10.7. The number of hydrogen-bond acceptors (Lipinski definition) is 5. The van der Waals surface area contributed by atoms with Crippen LogP contribution in [0.2, 0.25) is 0 Å². The number of nitrogens with zero attached hydrogens (tertiary/aromatic N) is 5. The van der Waals surface area contributed by atoms with E-state index in [-0.39, 0.29) is 30.7 Å². The van der Waals surface area contributed by atoms with E-state index in [9.17, 15) is 4.79 Å². The average molecular weight is 404 g/mol. The Morgan fingerprint density at radius 1 is 1.35 bits per heavy atom. The van der Waals surface area contributed by atoms with Crippen molar-refractivity contribution < 1.29 is 4.79 Å². The van der Waals surface area contributed by atoms with Crippen LogP contribution in [0, 0.1) is 0 Å². The van der Waals surface area contributed by atoms with Gasteiger partial charge >= 0.3 is 0 Å². The van der Waals surface area contributed by atoms with Crippen LogP contribution >= 0.6 is 24.8 Å². The maximum atomic E-state index is 13.0. The summed E-state index contributed by atoms with van der Waals surface area (Å²) >= 11 is 0. The first-order valence-corrected chi connectivity index (χ1v) is 8.22. The second-order valence-corrected chi connectivity index (χ2v) is 6.42. The predicted molar refractivity (Wildman–Crippen MR) is 106 cm³/mol. The highest BCUT2D eigenvalue weighted by Gasteiger charge is 2.41. The molecule has 0 radical (unpaired) electrons. The van der Waals surface area contributed by atoms with E-state index in [1.54, 1.807) is 17.1 Å². The van der Waals surface area contributed by atoms with Gasteiger partial charge in [-0.3, -0.25) is 9.48 Å². The van der Waals surface area contributed by atoms with Crippen LogP contribution in [-0.4, -0.2) is 52.4 Å². The number of piperidine rings is 1. The molecule has 1 fully saturated rings. The van der Waals surface area contributed by atoms with Gasteiger partial charge in [-0.05, 0) is 32.0 Å². The van der Waals surface area contributed by atoms with E-state index < -0.39 is 5.54 Å². The van der Waals surface area contributed by atoms with Crippen LogP contribution in [0.15, 0.2) is 24.7 Å². The van der Waals surface area contributed by atoms with E-state index >= 15 is 0 Å². The lowest BCUT2D eigenvalue weighted by molar-refractivity contribution is -0.132.